The van der Waals surface area contributed by atoms with Crippen molar-refractivity contribution in [1.29, 1.82) is 0 Å². The fourth-order valence-electron chi connectivity index (χ4n) is 2.34. The third-order valence-electron chi connectivity index (χ3n) is 3.67. The summed E-state index contributed by atoms with van der Waals surface area (Å²) < 4.78 is 5.40. The highest BCUT2D eigenvalue weighted by Crippen LogP contribution is 2.38. The van der Waals surface area contributed by atoms with E-state index in [9.17, 15) is 9.59 Å². The minimum atomic E-state index is -0.123. The van der Waals surface area contributed by atoms with Gasteiger partial charge in [-0.2, -0.15) is 0 Å². The van der Waals surface area contributed by atoms with Crippen LogP contribution in [0.25, 0.3) is 0 Å². The number of fused-ring (bicyclic) bond motifs is 1. The lowest BCUT2D eigenvalue weighted by molar-refractivity contribution is -0.121. The Morgan fingerprint density at radius 2 is 2.10 bits per heavy atom. The second-order valence-electron chi connectivity index (χ2n) is 4.90. The Balaban J connectivity index is 2.30. The zero-order chi connectivity index (χ0) is 14.7. The molecule has 2 rings (SSSR count). The van der Waals surface area contributed by atoms with Crippen molar-refractivity contribution in [3.63, 3.8) is 0 Å². The number of ether oxygens (including phenoxy) is 1. The monoisotopic (exact) mass is 276 g/mol. The molecule has 0 bridgehead atoms. The molecule has 1 aliphatic rings. The zero-order valence-electron chi connectivity index (χ0n) is 12.1. The molecule has 0 unspecified atom stereocenters. The molecule has 1 N–H and O–H groups in total. The SMILES string of the molecule is CCC(CC)C(=O)Nc1cccc2c1N(C)C(=O)CO2. The standard InChI is InChI=1S/C15H20N2O3/c1-4-10(5-2)15(19)16-11-7-6-8-12-14(11)17(3)13(18)9-20-12/h6-8,10H,4-5,9H2,1-3H3,(H,16,19). The summed E-state index contributed by atoms with van der Waals surface area (Å²) >= 11 is 0. The molecule has 0 atom stereocenters. The molecule has 1 aromatic carbocycles. The van der Waals surface area contributed by atoms with Crippen molar-refractivity contribution in [3.8, 4) is 5.75 Å². The van der Waals surface area contributed by atoms with Gasteiger partial charge >= 0.3 is 0 Å². The quantitative estimate of drug-likeness (QED) is 0.918. The molecule has 0 saturated carbocycles. The predicted octanol–water partition coefficient (Wildman–Crippen LogP) is 2.42. The fraction of sp³-hybridized carbons (Fsp3) is 0.467. The highest BCUT2D eigenvalue weighted by atomic mass is 16.5. The van der Waals surface area contributed by atoms with E-state index in [2.05, 4.69) is 5.32 Å². The number of carbonyl (C=O) groups is 2. The van der Waals surface area contributed by atoms with Crippen molar-refractivity contribution < 1.29 is 14.3 Å². The van der Waals surface area contributed by atoms with Gasteiger partial charge in [0, 0.05) is 13.0 Å². The molecule has 2 amide bonds. The Hall–Kier alpha value is -2.04. The molecule has 0 radical (unpaired) electrons. The lowest BCUT2D eigenvalue weighted by Crippen LogP contribution is -2.36. The second-order valence-corrected chi connectivity index (χ2v) is 4.90. The van der Waals surface area contributed by atoms with Crippen LogP contribution >= 0.6 is 0 Å². The molecule has 0 fully saturated rings. The topological polar surface area (TPSA) is 58.6 Å². The van der Waals surface area contributed by atoms with E-state index in [0.717, 1.165) is 12.8 Å². The summed E-state index contributed by atoms with van der Waals surface area (Å²) in [5.74, 6) is 0.461. The number of hydrogen-bond acceptors (Lipinski definition) is 3. The van der Waals surface area contributed by atoms with Crippen LogP contribution in [-0.2, 0) is 9.59 Å². The summed E-state index contributed by atoms with van der Waals surface area (Å²) in [5.41, 5.74) is 1.25. The molecule has 1 heterocycles. The first-order valence-corrected chi connectivity index (χ1v) is 6.91. The van der Waals surface area contributed by atoms with E-state index < -0.39 is 0 Å². The van der Waals surface area contributed by atoms with Gasteiger partial charge < -0.3 is 15.0 Å². The average molecular weight is 276 g/mol. The van der Waals surface area contributed by atoms with E-state index in [-0.39, 0.29) is 24.3 Å². The van der Waals surface area contributed by atoms with E-state index in [1.54, 1.807) is 19.2 Å². The smallest absolute Gasteiger partial charge is 0.264 e. The Morgan fingerprint density at radius 1 is 1.40 bits per heavy atom. The first-order chi connectivity index (χ1) is 9.58. The highest BCUT2D eigenvalue weighted by Gasteiger charge is 2.26. The summed E-state index contributed by atoms with van der Waals surface area (Å²) in [6.45, 7) is 4.02. The van der Waals surface area contributed by atoms with Gasteiger partial charge in [-0.3, -0.25) is 9.59 Å². The Bertz CT molecular complexity index is 524. The number of nitrogens with zero attached hydrogens (tertiary/aromatic N) is 1. The van der Waals surface area contributed by atoms with E-state index in [0.29, 0.717) is 17.1 Å². The molecule has 0 aromatic heterocycles. The molecule has 20 heavy (non-hydrogen) atoms. The summed E-state index contributed by atoms with van der Waals surface area (Å²) in [4.78, 5) is 25.5. The van der Waals surface area contributed by atoms with Crippen molar-refractivity contribution in [2.24, 2.45) is 5.92 Å². The lowest BCUT2D eigenvalue weighted by atomic mass is 10.0. The number of likely N-dealkylation sites (N-methyl/N-ethyl adjacent to an activating group) is 1. The van der Waals surface area contributed by atoms with Gasteiger partial charge in [-0.1, -0.05) is 19.9 Å². The number of hydrogen-bond donors (Lipinski definition) is 1. The molecule has 5 nitrogen and oxygen atoms in total. The van der Waals surface area contributed by atoms with Gasteiger partial charge in [0.15, 0.2) is 6.61 Å². The van der Waals surface area contributed by atoms with Crippen molar-refractivity contribution in [2.45, 2.75) is 26.7 Å². The third kappa shape index (κ3) is 2.61. The first kappa shape index (κ1) is 14.4. The minimum Gasteiger partial charge on any atom is -0.481 e. The lowest BCUT2D eigenvalue weighted by Gasteiger charge is -2.28. The van der Waals surface area contributed by atoms with Gasteiger partial charge in [-0.05, 0) is 25.0 Å². The van der Waals surface area contributed by atoms with Crippen molar-refractivity contribution in [1.82, 2.24) is 0 Å². The van der Waals surface area contributed by atoms with Gasteiger partial charge in [-0.15, -0.1) is 0 Å². The van der Waals surface area contributed by atoms with Crippen LogP contribution in [0.4, 0.5) is 11.4 Å². The Labute approximate surface area is 118 Å². The fourth-order valence-corrected chi connectivity index (χ4v) is 2.34. The van der Waals surface area contributed by atoms with E-state index >= 15 is 0 Å². The maximum atomic E-state index is 12.2. The summed E-state index contributed by atoms with van der Waals surface area (Å²) in [6.07, 6.45) is 1.59. The van der Waals surface area contributed by atoms with Crippen LogP contribution in [-0.4, -0.2) is 25.5 Å². The number of benzene rings is 1. The number of amides is 2. The number of para-hydroxylation sites is 1. The molecule has 0 spiro atoms. The molecule has 1 aliphatic heterocycles. The third-order valence-corrected chi connectivity index (χ3v) is 3.67. The van der Waals surface area contributed by atoms with Crippen LogP contribution in [0.3, 0.4) is 0 Å². The molecule has 1 aromatic rings. The largest absolute Gasteiger partial charge is 0.481 e. The molecule has 0 saturated heterocycles. The Kier molecular flexibility index (Phi) is 4.27. The molecule has 108 valence electrons. The van der Waals surface area contributed by atoms with Crippen LogP contribution in [0, 0.1) is 5.92 Å². The normalized spacial score (nSPS) is 14.0. The van der Waals surface area contributed by atoms with Crippen molar-refractivity contribution in [3.05, 3.63) is 18.2 Å². The number of nitrogens with one attached hydrogen (secondary N) is 1. The number of rotatable bonds is 4. The van der Waals surface area contributed by atoms with Crippen LogP contribution in [0.2, 0.25) is 0 Å². The predicted molar refractivity (Wildman–Crippen MR) is 78.0 cm³/mol. The molecular formula is C15H20N2O3. The van der Waals surface area contributed by atoms with Gasteiger partial charge in [0.2, 0.25) is 5.91 Å². The summed E-state index contributed by atoms with van der Waals surface area (Å²) in [6, 6.07) is 5.40. The van der Waals surface area contributed by atoms with Gasteiger partial charge in [-0.25, -0.2) is 0 Å². The van der Waals surface area contributed by atoms with Crippen molar-refractivity contribution in [2.75, 3.05) is 23.9 Å². The molecule has 0 aliphatic carbocycles. The van der Waals surface area contributed by atoms with Gasteiger partial charge in [0.05, 0.1) is 5.69 Å². The number of anilines is 2. The van der Waals surface area contributed by atoms with Crippen LogP contribution < -0.4 is 15.0 Å². The van der Waals surface area contributed by atoms with Crippen molar-refractivity contribution >= 4 is 23.2 Å². The Morgan fingerprint density at radius 3 is 2.75 bits per heavy atom. The van der Waals surface area contributed by atoms with E-state index in [4.69, 9.17) is 4.74 Å². The number of carbonyl (C=O) groups excluding carboxylic acids is 2. The van der Waals surface area contributed by atoms with Crippen LogP contribution in [0.15, 0.2) is 18.2 Å². The molecule has 5 heteroatoms. The maximum Gasteiger partial charge on any atom is 0.264 e. The average Bonchev–Trinajstić information content (AvgIpc) is 2.44. The van der Waals surface area contributed by atoms with Gasteiger partial charge in [0.1, 0.15) is 11.4 Å². The highest BCUT2D eigenvalue weighted by molar-refractivity contribution is 6.04. The summed E-state index contributed by atoms with van der Waals surface area (Å²) in [5, 5.41) is 2.91. The second kappa shape index (κ2) is 5.94. The van der Waals surface area contributed by atoms with E-state index in [1.165, 1.54) is 4.90 Å². The van der Waals surface area contributed by atoms with Crippen LogP contribution in [0.5, 0.6) is 5.75 Å². The zero-order valence-corrected chi connectivity index (χ0v) is 12.1. The first-order valence-electron chi connectivity index (χ1n) is 6.91. The van der Waals surface area contributed by atoms with Gasteiger partial charge in [0.25, 0.3) is 5.91 Å². The minimum absolute atomic E-state index is 0.0172. The van der Waals surface area contributed by atoms with Crippen LogP contribution in [0.1, 0.15) is 26.7 Å². The van der Waals surface area contributed by atoms with E-state index in [1.807, 2.05) is 19.9 Å². The molecular weight excluding hydrogens is 256 g/mol. The maximum absolute atomic E-state index is 12.2. The summed E-state index contributed by atoms with van der Waals surface area (Å²) in [7, 11) is 1.69.